The lowest BCUT2D eigenvalue weighted by molar-refractivity contribution is 0.691. The molecule has 17 heavy (non-hydrogen) atoms. The molecule has 0 spiro atoms. The smallest absolute Gasteiger partial charge is 0.131 e. The molecule has 0 fully saturated rings. The molecule has 0 aliphatic carbocycles. The van der Waals surface area contributed by atoms with Crippen LogP contribution in [0, 0.1) is 20.8 Å². The van der Waals surface area contributed by atoms with E-state index in [0.717, 1.165) is 21.3 Å². The van der Waals surface area contributed by atoms with Gasteiger partial charge in [0.05, 0.1) is 5.69 Å². The topological polar surface area (TPSA) is 69.6 Å². The first kappa shape index (κ1) is 11.9. The number of nitrogen functional groups attached to an aromatic ring is 1. The number of hydrogen-bond acceptors (Lipinski definition) is 5. The summed E-state index contributed by atoms with van der Waals surface area (Å²) in [7, 11) is 1.92. The summed E-state index contributed by atoms with van der Waals surface area (Å²) >= 11 is 1.56. The molecular weight excluding hydrogens is 234 g/mol. The number of hydrogen-bond donors (Lipinski definition) is 1. The molecule has 2 aromatic heterocycles. The molecule has 0 unspecified atom stereocenters. The number of aromatic nitrogens is 4. The molecule has 0 aliphatic heterocycles. The van der Waals surface area contributed by atoms with Gasteiger partial charge in [0.2, 0.25) is 0 Å². The van der Waals surface area contributed by atoms with E-state index in [1.54, 1.807) is 11.8 Å². The third-order valence-corrected chi connectivity index (χ3v) is 3.59. The quantitative estimate of drug-likeness (QED) is 0.823. The van der Waals surface area contributed by atoms with Crippen molar-refractivity contribution in [1.29, 1.82) is 0 Å². The summed E-state index contributed by atoms with van der Waals surface area (Å²) in [6.07, 6.45) is 0. The Morgan fingerprint density at radius 2 is 1.94 bits per heavy atom. The van der Waals surface area contributed by atoms with E-state index in [-0.39, 0.29) is 0 Å². The lowest BCUT2D eigenvalue weighted by atomic mass is 10.3. The fourth-order valence-electron chi connectivity index (χ4n) is 1.50. The molecule has 2 rings (SSSR count). The number of rotatable bonds is 2. The lowest BCUT2D eigenvalue weighted by Crippen LogP contribution is -2.02. The fraction of sp³-hybridized carbons (Fsp3) is 0.364. The Morgan fingerprint density at radius 3 is 2.53 bits per heavy atom. The van der Waals surface area contributed by atoms with Crippen LogP contribution in [0.2, 0.25) is 0 Å². The summed E-state index contributed by atoms with van der Waals surface area (Å²) in [5.74, 6) is 1.23. The molecule has 0 bridgehead atoms. The SMILES string of the molecule is Cc1cc(Sc2nc(C)nc(N)c2C)n(C)n1. The maximum Gasteiger partial charge on any atom is 0.131 e. The fourth-order valence-corrected chi connectivity index (χ4v) is 2.54. The predicted molar refractivity (Wildman–Crippen MR) is 68.0 cm³/mol. The van der Waals surface area contributed by atoms with E-state index in [0.29, 0.717) is 11.6 Å². The highest BCUT2D eigenvalue weighted by Crippen LogP contribution is 2.30. The van der Waals surface area contributed by atoms with Crippen LogP contribution in [0.4, 0.5) is 5.82 Å². The Kier molecular flexibility index (Phi) is 3.06. The van der Waals surface area contributed by atoms with E-state index >= 15 is 0 Å². The van der Waals surface area contributed by atoms with Gasteiger partial charge in [-0.15, -0.1) is 0 Å². The van der Waals surface area contributed by atoms with Gasteiger partial charge >= 0.3 is 0 Å². The zero-order chi connectivity index (χ0) is 12.6. The number of anilines is 1. The molecule has 0 saturated heterocycles. The molecular formula is C11H15N5S. The molecule has 0 atom stereocenters. The Labute approximate surface area is 104 Å². The Morgan fingerprint density at radius 1 is 1.24 bits per heavy atom. The van der Waals surface area contributed by atoms with Gasteiger partial charge in [-0.3, -0.25) is 4.68 Å². The van der Waals surface area contributed by atoms with E-state index in [4.69, 9.17) is 5.73 Å². The van der Waals surface area contributed by atoms with Crippen LogP contribution in [0.3, 0.4) is 0 Å². The van der Waals surface area contributed by atoms with Gasteiger partial charge in [-0.25, -0.2) is 9.97 Å². The number of aryl methyl sites for hydroxylation is 3. The third kappa shape index (κ3) is 2.41. The van der Waals surface area contributed by atoms with Crippen LogP contribution in [-0.4, -0.2) is 19.7 Å². The van der Waals surface area contributed by atoms with Crippen LogP contribution < -0.4 is 5.73 Å². The van der Waals surface area contributed by atoms with Crippen LogP contribution in [0.25, 0.3) is 0 Å². The largest absolute Gasteiger partial charge is 0.383 e. The minimum atomic E-state index is 0.541. The maximum atomic E-state index is 5.83. The van der Waals surface area contributed by atoms with Crippen molar-refractivity contribution in [3.8, 4) is 0 Å². The van der Waals surface area contributed by atoms with E-state index in [2.05, 4.69) is 15.1 Å². The van der Waals surface area contributed by atoms with Crippen molar-refractivity contribution in [1.82, 2.24) is 19.7 Å². The standard InChI is InChI=1S/C11H15N5S/c1-6-5-9(16(4)15-6)17-11-7(2)10(12)13-8(3)14-11/h5H,1-4H3,(H2,12,13,14). The average molecular weight is 249 g/mol. The monoisotopic (exact) mass is 249 g/mol. The number of nitrogens with zero attached hydrogens (tertiary/aromatic N) is 4. The van der Waals surface area contributed by atoms with E-state index in [9.17, 15) is 0 Å². The molecule has 5 nitrogen and oxygen atoms in total. The molecule has 90 valence electrons. The van der Waals surface area contributed by atoms with E-state index < -0.39 is 0 Å². The molecule has 2 heterocycles. The maximum absolute atomic E-state index is 5.83. The van der Waals surface area contributed by atoms with Gasteiger partial charge in [0.15, 0.2) is 0 Å². The Hall–Kier alpha value is -1.56. The van der Waals surface area contributed by atoms with Crippen LogP contribution >= 0.6 is 11.8 Å². The first-order chi connectivity index (χ1) is 7.97. The summed E-state index contributed by atoms with van der Waals surface area (Å²) < 4.78 is 1.84. The third-order valence-electron chi connectivity index (χ3n) is 2.41. The first-order valence-corrected chi connectivity index (χ1v) is 6.08. The van der Waals surface area contributed by atoms with Crippen molar-refractivity contribution < 1.29 is 0 Å². The van der Waals surface area contributed by atoms with Crippen molar-refractivity contribution in [3.63, 3.8) is 0 Å². The minimum Gasteiger partial charge on any atom is -0.383 e. The van der Waals surface area contributed by atoms with Gasteiger partial charge in [0.1, 0.15) is 21.7 Å². The molecule has 0 aliphatic rings. The Bertz CT molecular complexity index is 561. The molecule has 0 aromatic carbocycles. The van der Waals surface area contributed by atoms with Gasteiger partial charge in [0.25, 0.3) is 0 Å². The average Bonchev–Trinajstić information content (AvgIpc) is 2.53. The van der Waals surface area contributed by atoms with Crippen LogP contribution in [-0.2, 0) is 7.05 Å². The van der Waals surface area contributed by atoms with Crippen molar-refractivity contribution in [2.45, 2.75) is 30.8 Å². The van der Waals surface area contributed by atoms with Gasteiger partial charge in [0, 0.05) is 12.6 Å². The van der Waals surface area contributed by atoms with Gasteiger partial charge in [-0.05, 0) is 38.6 Å². The highest BCUT2D eigenvalue weighted by molar-refractivity contribution is 7.99. The number of nitrogens with two attached hydrogens (primary N) is 1. The second-order valence-corrected chi connectivity index (χ2v) is 4.94. The van der Waals surface area contributed by atoms with Crippen molar-refractivity contribution in [3.05, 3.63) is 23.1 Å². The van der Waals surface area contributed by atoms with E-state index in [1.165, 1.54) is 0 Å². The second kappa shape index (κ2) is 4.37. The van der Waals surface area contributed by atoms with Crippen molar-refractivity contribution >= 4 is 17.6 Å². The molecule has 2 N–H and O–H groups in total. The summed E-state index contributed by atoms with van der Waals surface area (Å²) in [6.45, 7) is 5.74. The normalized spacial score (nSPS) is 10.8. The summed E-state index contributed by atoms with van der Waals surface area (Å²) in [6, 6.07) is 2.03. The zero-order valence-corrected chi connectivity index (χ0v) is 11.2. The molecule has 0 radical (unpaired) electrons. The molecule has 2 aromatic rings. The van der Waals surface area contributed by atoms with Crippen LogP contribution in [0.15, 0.2) is 16.1 Å². The van der Waals surface area contributed by atoms with Crippen molar-refractivity contribution in [2.24, 2.45) is 7.05 Å². The van der Waals surface area contributed by atoms with E-state index in [1.807, 2.05) is 38.6 Å². The summed E-state index contributed by atoms with van der Waals surface area (Å²) in [5.41, 5.74) is 7.74. The van der Waals surface area contributed by atoms with Gasteiger partial charge in [-0.2, -0.15) is 5.10 Å². The lowest BCUT2D eigenvalue weighted by Gasteiger charge is -2.07. The van der Waals surface area contributed by atoms with Gasteiger partial charge in [-0.1, -0.05) is 0 Å². The molecule has 6 heteroatoms. The van der Waals surface area contributed by atoms with Crippen LogP contribution in [0.5, 0.6) is 0 Å². The highest BCUT2D eigenvalue weighted by atomic mass is 32.2. The predicted octanol–water partition coefficient (Wildman–Crippen LogP) is 1.87. The van der Waals surface area contributed by atoms with Gasteiger partial charge < -0.3 is 5.73 Å². The molecule has 0 amide bonds. The van der Waals surface area contributed by atoms with Crippen LogP contribution in [0.1, 0.15) is 17.1 Å². The summed E-state index contributed by atoms with van der Waals surface area (Å²) in [4.78, 5) is 8.54. The Balaban J connectivity index is 2.39. The minimum absolute atomic E-state index is 0.541. The summed E-state index contributed by atoms with van der Waals surface area (Å²) in [5, 5.41) is 6.23. The zero-order valence-electron chi connectivity index (χ0n) is 10.4. The first-order valence-electron chi connectivity index (χ1n) is 5.26. The van der Waals surface area contributed by atoms with Crippen molar-refractivity contribution in [2.75, 3.05) is 5.73 Å². The highest BCUT2D eigenvalue weighted by Gasteiger charge is 2.11. The molecule has 0 saturated carbocycles. The second-order valence-electron chi connectivity index (χ2n) is 3.94.